The number of hydrogen-bond acceptors (Lipinski definition) is 4. The van der Waals surface area contributed by atoms with Crippen LogP contribution in [0.5, 0.6) is 0 Å². The summed E-state index contributed by atoms with van der Waals surface area (Å²) < 4.78 is 43.9. The van der Waals surface area contributed by atoms with Gasteiger partial charge in [-0.05, 0) is 26.7 Å². The molecule has 2 aromatic rings. The minimum Gasteiger partial charge on any atom is -0.477 e. The number of rotatable bonds is 3. The molecule has 0 unspecified atom stereocenters. The van der Waals surface area contributed by atoms with Crippen LogP contribution >= 0.6 is 0 Å². The summed E-state index contributed by atoms with van der Waals surface area (Å²) in [5, 5.41) is 11.4. The lowest BCUT2D eigenvalue weighted by molar-refractivity contribution is 0.0693. The van der Waals surface area contributed by atoms with E-state index in [4.69, 9.17) is 5.53 Å². The fourth-order valence-corrected chi connectivity index (χ4v) is 3.40. The van der Waals surface area contributed by atoms with Crippen LogP contribution < -0.4 is 10.9 Å². The Balaban J connectivity index is 2.71. The number of aromatic nitrogens is 1. The zero-order chi connectivity index (χ0) is 18.7. The first-order chi connectivity index (χ1) is 11.6. The number of anilines is 1. The molecule has 25 heavy (non-hydrogen) atoms. The standard InChI is InChI=1S/C15H13F3N4O3/c1-15(2)4-3-5-6(14(24)25)13(23)7-11(20-21-19)9(17)8(16)10(18)12(7)22(5)15/h3-4H2,1-2H3,(H2,19,20)(H,24,25). The number of carbonyl (C=O) groups is 1. The number of hydrogen-bond donors (Lipinski definition) is 3. The Kier molecular flexibility index (Phi) is 3.59. The number of halogens is 3. The lowest BCUT2D eigenvalue weighted by Gasteiger charge is -2.26. The van der Waals surface area contributed by atoms with E-state index >= 15 is 0 Å². The van der Waals surface area contributed by atoms with Crippen LogP contribution in [0.15, 0.2) is 10.0 Å². The second kappa shape index (κ2) is 5.30. The minimum absolute atomic E-state index is 0.0497. The van der Waals surface area contributed by atoms with Crippen molar-refractivity contribution in [1.82, 2.24) is 4.57 Å². The summed E-state index contributed by atoms with van der Waals surface area (Å²) in [6.45, 7) is 3.34. The Morgan fingerprint density at radius 3 is 2.48 bits per heavy atom. The van der Waals surface area contributed by atoms with E-state index in [9.17, 15) is 27.9 Å². The molecule has 0 amide bonds. The van der Waals surface area contributed by atoms with E-state index < -0.39 is 56.5 Å². The van der Waals surface area contributed by atoms with Crippen molar-refractivity contribution in [2.75, 3.05) is 5.43 Å². The monoisotopic (exact) mass is 354 g/mol. The summed E-state index contributed by atoms with van der Waals surface area (Å²) in [7, 11) is 0. The third-order valence-electron chi connectivity index (χ3n) is 4.50. The van der Waals surface area contributed by atoms with Gasteiger partial charge >= 0.3 is 5.97 Å². The highest BCUT2D eigenvalue weighted by molar-refractivity contribution is 5.99. The van der Waals surface area contributed by atoms with Gasteiger partial charge in [0.05, 0.1) is 10.9 Å². The van der Waals surface area contributed by atoms with E-state index in [0.717, 1.165) is 0 Å². The predicted molar refractivity (Wildman–Crippen MR) is 81.5 cm³/mol. The van der Waals surface area contributed by atoms with E-state index in [1.165, 1.54) is 4.57 Å². The van der Waals surface area contributed by atoms with Crippen molar-refractivity contribution in [3.05, 3.63) is 38.9 Å². The Labute approximate surface area is 138 Å². The largest absolute Gasteiger partial charge is 0.477 e. The van der Waals surface area contributed by atoms with Crippen molar-refractivity contribution in [2.24, 2.45) is 5.22 Å². The first-order valence-electron chi connectivity index (χ1n) is 7.27. The maximum Gasteiger partial charge on any atom is 0.341 e. The minimum atomic E-state index is -1.83. The van der Waals surface area contributed by atoms with Crippen LogP contribution in [-0.4, -0.2) is 15.6 Å². The Bertz CT molecular complexity index is 1010. The molecule has 1 aliphatic heterocycles. The fraction of sp³-hybridized carbons (Fsp3) is 0.333. The SMILES string of the molecule is CC1(C)CCc2c(C(=O)O)c(=O)c3c(NN=N)c(F)c(F)c(F)c3n21. The number of nitrogens with one attached hydrogen (secondary N) is 2. The lowest BCUT2D eigenvalue weighted by Crippen LogP contribution is -2.29. The van der Waals surface area contributed by atoms with Crippen molar-refractivity contribution in [1.29, 1.82) is 5.53 Å². The molecule has 1 aliphatic rings. The molecule has 3 rings (SSSR count). The molecule has 0 saturated heterocycles. The number of benzene rings is 1. The number of carboxylic acid groups (broad SMARTS) is 1. The number of aromatic carboxylic acids is 1. The van der Waals surface area contributed by atoms with Gasteiger partial charge in [0.2, 0.25) is 5.43 Å². The first kappa shape index (κ1) is 16.9. The summed E-state index contributed by atoms with van der Waals surface area (Å²) in [6.07, 6.45) is 0.555. The average Bonchev–Trinajstić information content (AvgIpc) is 2.83. The van der Waals surface area contributed by atoms with Gasteiger partial charge in [0.1, 0.15) is 11.3 Å². The highest BCUT2D eigenvalue weighted by Crippen LogP contribution is 2.39. The van der Waals surface area contributed by atoms with Gasteiger partial charge in [-0.3, -0.25) is 10.2 Å². The molecule has 2 heterocycles. The summed E-state index contributed by atoms with van der Waals surface area (Å²) in [5.41, 5.74) is 4.62. The topological polar surface area (TPSA) is 108 Å². The molecule has 0 aliphatic carbocycles. The molecule has 0 saturated carbocycles. The van der Waals surface area contributed by atoms with E-state index in [1.54, 1.807) is 13.8 Å². The van der Waals surface area contributed by atoms with Crippen LogP contribution in [0.4, 0.5) is 18.9 Å². The molecule has 7 nitrogen and oxygen atoms in total. The molecule has 0 spiro atoms. The smallest absolute Gasteiger partial charge is 0.341 e. The van der Waals surface area contributed by atoms with Gasteiger partial charge in [-0.2, -0.15) is 5.53 Å². The van der Waals surface area contributed by atoms with Crippen molar-refractivity contribution in [3.8, 4) is 0 Å². The second-order valence-electron chi connectivity index (χ2n) is 6.37. The molecular formula is C15H13F3N4O3. The van der Waals surface area contributed by atoms with Gasteiger partial charge in [-0.1, -0.05) is 5.22 Å². The molecule has 3 N–H and O–H groups in total. The zero-order valence-electron chi connectivity index (χ0n) is 13.2. The zero-order valence-corrected chi connectivity index (χ0v) is 13.2. The van der Waals surface area contributed by atoms with Crippen LogP contribution in [0.25, 0.3) is 10.9 Å². The average molecular weight is 354 g/mol. The Hall–Kier alpha value is -2.91. The van der Waals surface area contributed by atoms with Crippen molar-refractivity contribution < 1.29 is 23.1 Å². The van der Waals surface area contributed by atoms with Gasteiger partial charge in [-0.25, -0.2) is 18.0 Å². The fourth-order valence-electron chi connectivity index (χ4n) is 3.40. The van der Waals surface area contributed by atoms with E-state index in [1.807, 2.05) is 5.43 Å². The molecule has 0 atom stereocenters. The molecule has 132 valence electrons. The van der Waals surface area contributed by atoms with Crippen molar-refractivity contribution in [2.45, 2.75) is 32.2 Å². The summed E-state index contributed by atoms with van der Waals surface area (Å²) in [5.74, 6) is -6.72. The summed E-state index contributed by atoms with van der Waals surface area (Å²) in [4.78, 5) is 24.2. The third-order valence-corrected chi connectivity index (χ3v) is 4.50. The van der Waals surface area contributed by atoms with Crippen molar-refractivity contribution >= 4 is 22.6 Å². The van der Waals surface area contributed by atoms with Crippen LogP contribution in [0.1, 0.15) is 36.3 Å². The van der Waals surface area contributed by atoms with Gasteiger partial charge in [0.15, 0.2) is 17.5 Å². The van der Waals surface area contributed by atoms with Crippen LogP contribution in [0.3, 0.4) is 0 Å². The molecule has 10 heteroatoms. The molecular weight excluding hydrogens is 341 g/mol. The normalized spacial score (nSPS) is 15.2. The first-order valence-corrected chi connectivity index (χ1v) is 7.27. The van der Waals surface area contributed by atoms with Gasteiger partial charge < -0.3 is 9.67 Å². The maximum absolute atomic E-state index is 14.6. The second-order valence-corrected chi connectivity index (χ2v) is 6.37. The Morgan fingerprint density at radius 2 is 1.92 bits per heavy atom. The summed E-state index contributed by atoms with van der Waals surface area (Å²) >= 11 is 0. The van der Waals surface area contributed by atoms with Gasteiger partial charge in [0.25, 0.3) is 0 Å². The number of nitrogens with zero attached hydrogens (tertiary/aromatic N) is 2. The number of pyridine rings is 1. The highest BCUT2D eigenvalue weighted by Gasteiger charge is 2.38. The number of carboxylic acids is 1. The van der Waals surface area contributed by atoms with Crippen LogP contribution in [0, 0.1) is 23.0 Å². The van der Waals surface area contributed by atoms with Crippen LogP contribution in [-0.2, 0) is 12.0 Å². The molecule has 1 aromatic carbocycles. The molecule has 1 aromatic heterocycles. The van der Waals surface area contributed by atoms with Crippen LogP contribution in [0.2, 0.25) is 0 Å². The van der Waals surface area contributed by atoms with Gasteiger partial charge in [-0.15, -0.1) is 0 Å². The van der Waals surface area contributed by atoms with Gasteiger partial charge in [0, 0.05) is 11.2 Å². The molecule has 0 radical (unpaired) electrons. The lowest BCUT2D eigenvalue weighted by atomic mass is 10.0. The third kappa shape index (κ3) is 2.13. The highest BCUT2D eigenvalue weighted by atomic mass is 19.2. The van der Waals surface area contributed by atoms with Crippen molar-refractivity contribution in [3.63, 3.8) is 0 Å². The molecule has 0 fully saturated rings. The Morgan fingerprint density at radius 1 is 1.28 bits per heavy atom. The van der Waals surface area contributed by atoms with E-state index in [0.29, 0.717) is 6.42 Å². The quantitative estimate of drug-likeness (QED) is 0.447. The van der Waals surface area contributed by atoms with E-state index in [2.05, 4.69) is 5.22 Å². The molecule has 0 bridgehead atoms. The maximum atomic E-state index is 14.6. The number of fused-ring (bicyclic) bond motifs is 3. The van der Waals surface area contributed by atoms with E-state index in [-0.39, 0.29) is 12.1 Å². The summed E-state index contributed by atoms with van der Waals surface area (Å²) in [6, 6.07) is 0. The predicted octanol–water partition coefficient (Wildman–Crippen LogP) is 3.16.